The van der Waals surface area contributed by atoms with E-state index in [1.54, 1.807) is 54.7 Å². The lowest BCUT2D eigenvalue weighted by molar-refractivity contribution is 0.411. The third-order valence-electron chi connectivity index (χ3n) is 4.92. The summed E-state index contributed by atoms with van der Waals surface area (Å²) in [7, 11) is -3.58. The van der Waals surface area contributed by atoms with Gasteiger partial charge in [-0.2, -0.15) is 14.3 Å². The number of aromatic nitrogens is 3. The van der Waals surface area contributed by atoms with Gasteiger partial charge in [0.15, 0.2) is 0 Å². The minimum absolute atomic E-state index is 0.0142. The molecule has 3 heterocycles. The van der Waals surface area contributed by atoms with E-state index in [1.165, 1.54) is 10.5 Å². The Morgan fingerprint density at radius 2 is 1.77 bits per heavy atom. The van der Waals surface area contributed by atoms with Crippen molar-refractivity contribution in [1.29, 1.82) is 0 Å². The maximum atomic E-state index is 12.9. The van der Waals surface area contributed by atoms with Gasteiger partial charge >= 0.3 is 6.01 Å². The van der Waals surface area contributed by atoms with Gasteiger partial charge in [-0.3, -0.25) is 4.98 Å². The summed E-state index contributed by atoms with van der Waals surface area (Å²) >= 11 is 0. The van der Waals surface area contributed by atoms with Gasteiger partial charge in [0, 0.05) is 19.3 Å². The highest BCUT2D eigenvalue weighted by Crippen LogP contribution is 2.32. The molecule has 9 heteroatoms. The van der Waals surface area contributed by atoms with E-state index in [4.69, 9.17) is 4.74 Å². The van der Waals surface area contributed by atoms with Gasteiger partial charge in [-0.15, -0.1) is 0 Å². The Hall–Kier alpha value is -3.56. The van der Waals surface area contributed by atoms with Gasteiger partial charge in [-0.05, 0) is 41.5 Å². The molecule has 0 fully saturated rings. The lowest BCUT2D eigenvalue weighted by Crippen LogP contribution is -2.25. The summed E-state index contributed by atoms with van der Waals surface area (Å²) in [6.45, 7) is 0.545. The van der Waals surface area contributed by atoms with E-state index in [1.807, 2.05) is 6.07 Å². The van der Waals surface area contributed by atoms with Crippen molar-refractivity contribution in [2.45, 2.75) is 18.0 Å². The quantitative estimate of drug-likeness (QED) is 0.540. The predicted octanol–water partition coefficient (Wildman–Crippen LogP) is 3.23. The maximum Gasteiger partial charge on any atom is 0.325 e. The summed E-state index contributed by atoms with van der Waals surface area (Å²) in [6.07, 6.45) is 3.06. The molecule has 0 bridgehead atoms. The van der Waals surface area contributed by atoms with Crippen LogP contribution in [0.2, 0.25) is 0 Å². The van der Waals surface area contributed by atoms with Crippen LogP contribution in [0.25, 0.3) is 10.9 Å². The molecule has 150 valence electrons. The molecule has 0 unspecified atom stereocenters. The Morgan fingerprint density at radius 1 is 0.967 bits per heavy atom. The minimum atomic E-state index is -3.58. The van der Waals surface area contributed by atoms with Crippen molar-refractivity contribution in [3.05, 3.63) is 78.1 Å². The molecule has 30 heavy (non-hydrogen) atoms. The van der Waals surface area contributed by atoms with E-state index in [9.17, 15) is 13.5 Å². The van der Waals surface area contributed by atoms with Crippen molar-refractivity contribution in [1.82, 2.24) is 19.3 Å². The van der Waals surface area contributed by atoms with Crippen molar-refractivity contribution in [3.8, 4) is 17.6 Å². The van der Waals surface area contributed by atoms with Crippen LogP contribution >= 0.6 is 0 Å². The topological polar surface area (TPSA) is 106 Å². The fourth-order valence-electron chi connectivity index (χ4n) is 3.41. The van der Waals surface area contributed by atoms with E-state index in [2.05, 4.69) is 15.0 Å². The van der Waals surface area contributed by atoms with Crippen LogP contribution < -0.4 is 4.74 Å². The Morgan fingerprint density at radius 3 is 2.60 bits per heavy atom. The number of nitrogens with zero attached hydrogens (tertiary/aromatic N) is 4. The van der Waals surface area contributed by atoms with Gasteiger partial charge in [0.25, 0.3) is 0 Å². The van der Waals surface area contributed by atoms with Crippen molar-refractivity contribution < 1.29 is 18.3 Å². The van der Waals surface area contributed by atoms with Crippen molar-refractivity contribution in [2.24, 2.45) is 0 Å². The lowest BCUT2D eigenvalue weighted by Gasteiger charge is -2.15. The molecule has 8 nitrogen and oxygen atoms in total. The molecule has 1 N–H and O–H groups in total. The number of hydrogen-bond donors (Lipinski definition) is 1. The SMILES string of the molecule is O=S(=O)(c1ccccc1)N1Cc2ccc(Oc3nc(O)c4ccncc4n3)cc2C1. The van der Waals surface area contributed by atoms with Crippen molar-refractivity contribution in [2.75, 3.05) is 0 Å². The number of ether oxygens (including phenoxy) is 1. The fourth-order valence-corrected chi connectivity index (χ4v) is 4.83. The molecule has 0 amide bonds. The Balaban J connectivity index is 1.40. The largest absolute Gasteiger partial charge is 0.493 e. The second kappa shape index (κ2) is 7.05. The zero-order valence-corrected chi connectivity index (χ0v) is 16.5. The van der Waals surface area contributed by atoms with Crippen LogP contribution in [0.15, 0.2) is 71.9 Å². The minimum Gasteiger partial charge on any atom is -0.493 e. The third-order valence-corrected chi connectivity index (χ3v) is 6.73. The first-order valence-corrected chi connectivity index (χ1v) is 10.6. The van der Waals surface area contributed by atoms with Gasteiger partial charge in [0.1, 0.15) is 5.75 Å². The molecule has 0 saturated heterocycles. The van der Waals surface area contributed by atoms with Crippen LogP contribution in [-0.2, 0) is 23.1 Å². The predicted molar refractivity (Wildman–Crippen MR) is 108 cm³/mol. The summed E-state index contributed by atoms with van der Waals surface area (Å²) in [5, 5.41) is 10.6. The zero-order chi connectivity index (χ0) is 20.7. The molecule has 2 aromatic heterocycles. The van der Waals surface area contributed by atoms with Crippen molar-refractivity contribution in [3.63, 3.8) is 0 Å². The molecule has 0 radical (unpaired) electrons. The van der Waals surface area contributed by atoms with Gasteiger partial charge in [-0.25, -0.2) is 8.42 Å². The highest BCUT2D eigenvalue weighted by molar-refractivity contribution is 7.89. The smallest absolute Gasteiger partial charge is 0.325 e. The Kier molecular flexibility index (Phi) is 4.34. The molecule has 0 saturated carbocycles. The molecular formula is C21H16N4O4S. The second-order valence-corrected chi connectivity index (χ2v) is 8.78. The standard InChI is InChI=1S/C21H16N4O4S/c26-20-18-8-9-22-11-19(18)23-21(24-20)29-16-7-6-14-12-25(13-15(14)10-16)30(27,28)17-4-2-1-3-5-17/h1-11H,12-13H2,(H,23,24,26). The first-order valence-electron chi connectivity index (χ1n) is 9.16. The van der Waals surface area contributed by atoms with Gasteiger partial charge < -0.3 is 9.84 Å². The summed E-state index contributed by atoms with van der Waals surface area (Å²) in [5.74, 6) is 0.258. The summed E-state index contributed by atoms with van der Waals surface area (Å²) in [5.41, 5.74) is 2.22. The van der Waals surface area contributed by atoms with Gasteiger partial charge in [-0.1, -0.05) is 24.3 Å². The van der Waals surface area contributed by atoms with Crippen LogP contribution in [0, 0.1) is 0 Å². The van der Waals surface area contributed by atoms with Crippen LogP contribution in [-0.4, -0.2) is 32.8 Å². The summed E-state index contributed by atoms with van der Waals surface area (Å²) in [6, 6.07) is 15.3. The molecule has 0 spiro atoms. The van der Waals surface area contributed by atoms with Crippen LogP contribution in [0.5, 0.6) is 17.6 Å². The highest BCUT2D eigenvalue weighted by atomic mass is 32.2. The number of pyridine rings is 1. The Labute approximate surface area is 172 Å². The highest BCUT2D eigenvalue weighted by Gasteiger charge is 2.30. The van der Waals surface area contributed by atoms with Gasteiger partial charge in [0.2, 0.25) is 15.9 Å². The van der Waals surface area contributed by atoms with Crippen LogP contribution in [0.4, 0.5) is 0 Å². The first-order chi connectivity index (χ1) is 14.5. The molecule has 5 rings (SSSR count). The molecule has 2 aromatic carbocycles. The fraction of sp³-hybridized carbons (Fsp3) is 0.0952. The average molecular weight is 420 g/mol. The van der Waals surface area contributed by atoms with Crippen molar-refractivity contribution >= 4 is 20.9 Å². The number of benzene rings is 2. The molecule has 0 atom stereocenters. The molecule has 1 aliphatic rings. The maximum absolute atomic E-state index is 12.9. The monoisotopic (exact) mass is 420 g/mol. The average Bonchev–Trinajstić information content (AvgIpc) is 3.19. The molecular weight excluding hydrogens is 404 g/mol. The molecule has 0 aliphatic carbocycles. The number of sulfonamides is 1. The Bertz CT molecular complexity index is 1360. The number of rotatable bonds is 4. The zero-order valence-electron chi connectivity index (χ0n) is 15.6. The van der Waals surface area contributed by atoms with E-state index in [0.29, 0.717) is 23.2 Å². The van der Waals surface area contributed by atoms with Gasteiger partial charge in [0.05, 0.1) is 22.0 Å². The van der Waals surface area contributed by atoms with E-state index in [0.717, 1.165) is 11.1 Å². The second-order valence-electron chi connectivity index (χ2n) is 6.84. The number of fused-ring (bicyclic) bond motifs is 2. The molecule has 1 aliphatic heterocycles. The first kappa shape index (κ1) is 18.5. The normalized spacial score (nSPS) is 14.0. The summed E-state index contributed by atoms with van der Waals surface area (Å²) < 4.78 is 32.9. The van der Waals surface area contributed by atoms with E-state index < -0.39 is 10.0 Å². The number of aromatic hydroxyl groups is 1. The van der Waals surface area contributed by atoms with Crippen LogP contribution in [0.1, 0.15) is 11.1 Å². The van der Waals surface area contributed by atoms with E-state index >= 15 is 0 Å². The molecule has 4 aromatic rings. The summed E-state index contributed by atoms with van der Waals surface area (Å²) in [4.78, 5) is 12.5. The lowest BCUT2D eigenvalue weighted by atomic mass is 10.1. The van der Waals surface area contributed by atoms with Crippen LogP contribution in [0.3, 0.4) is 0 Å². The third kappa shape index (κ3) is 3.23. The number of hydrogen-bond acceptors (Lipinski definition) is 7. The van der Waals surface area contributed by atoms with E-state index in [-0.39, 0.29) is 23.3 Å².